The molecule has 1 aromatic carbocycles. The van der Waals surface area contributed by atoms with Crippen LogP contribution in [0.15, 0.2) is 71.4 Å². The second kappa shape index (κ2) is 11.5. The molecule has 222 valence electrons. The first kappa shape index (κ1) is 31.5. The number of benzene rings is 1. The minimum atomic E-state index is -2.14. The Morgan fingerprint density at radius 3 is 1.21 bits per heavy atom. The Hall–Kier alpha value is -1.95. The van der Waals surface area contributed by atoms with Crippen molar-refractivity contribution in [3.8, 4) is 51.9 Å². The maximum atomic E-state index is 7.14. The van der Waals surface area contributed by atoms with Gasteiger partial charge in [-0.1, -0.05) is 53.7 Å². The Morgan fingerprint density at radius 1 is 0.500 bits per heavy atom. The fourth-order valence-electron chi connectivity index (χ4n) is 4.04. The molecule has 0 spiro atoms. The lowest BCUT2D eigenvalue weighted by molar-refractivity contribution is 0.476. The average Bonchev–Trinajstić information content (AvgIpc) is 3.69. The highest BCUT2D eigenvalue weighted by Crippen LogP contribution is 2.50. The molecule has 0 amide bonds. The van der Waals surface area contributed by atoms with Gasteiger partial charge in [-0.3, -0.25) is 0 Å². The van der Waals surface area contributed by atoms with Crippen LogP contribution in [-0.2, 0) is 0 Å². The van der Waals surface area contributed by atoms with E-state index in [4.69, 9.17) is 8.85 Å². The van der Waals surface area contributed by atoms with Crippen LogP contribution in [0.5, 0.6) is 11.5 Å². The molecule has 42 heavy (non-hydrogen) atoms. The Bertz CT molecular complexity index is 1520. The monoisotopic (exact) mass is 666 g/mol. The van der Waals surface area contributed by atoms with Crippen molar-refractivity contribution >= 4 is 62.0 Å². The quantitative estimate of drug-likeness (QED) is 0.153. The van der Waals surface area contributed by atoms with Gasteiger partial charge in [0.1, 0.15) is 11.5 Å². The molecular formula is C34H42O2S4Si2. The molecule has 0 radical (unpaired) electrons. The third kappa shape index (κ3) is 6.44. The summed E-state index contributed by atoms with van der Waals surface area (Å²) in [6.45, 7) is 23.1. The highest BCUT2D eigenvalue weighted by molar-refractivity contribution is 7.24. The fourth-order valence-corrected chi connectivity index (χ4v) is 9.81. The first-order chi connectivity index (χ1) is 19.6. The van der Waals surface area contributed by atoms with Crippen LogP contribution in [-0.4, -0.2) is 16.6 Å². The summed E-state index contributed by atoms with van der Waals surface area (Å²) in [7, 11) is -4.27. The van der Waals surface area contributed by atoms with Crippen LogP contribution in [0.3, 0.4) is 0 Å². The van der Waals surface area contributed by atoms with E-state index in [2.05, 4.69) is 139 Å². The number of rotatable bonds is 8. The Labute approximate surface area is 270 Å². The molecule has 0 bridgehead atoms. The lowest BCUT2D eigenvalue weighted by Gasteiger charge is -2.39. The first-order valence-electron chi connectivity index (χ1n) is 14.4. The van der Waals surface area contributed by atoms with Crippen LogP contribution in [0.4, 0.5) is 0 Å². The van der Waals surface area contributed by atoms with Crippen molar-refractivity contribution in [1.29, 1.82) is 0 Å². The molecule has 5 rings (SSSR count). The zero-order valence-corrected chi connectivity index (χ0v) is 31.6. The Balaban J connectivity index is 1.72. The second-order valence-corrected chi connectivity index (χ2v) is 27.4. The van der Waals surface area contributed by atoms with E-state index >= 15 is 0 Å². The minimum Gasteiger partial charge on any atom is -0.543 e. The third-order valence-electron chi connectivity index (χ3n) is 8.70. The normalized spacial score (nSPS) is 13.0. The van der Waals surface area contributed by atoms with Gasteiger partial charge in [0.25, 0.3) is 16.6 Å². The molecular weight excluding hydrogens is 625 g/mol. The average molecular weight is 667 g/mol. The van der Waals surface area contributed by atoms with Gasteiger partial charge in [0.15, 0.2) is 0 Å². The van der Waals surface area contributed by atoms with Gasteiger partial charge in [-0.25, -0.2) is 0 Å². The van der Waals surface area contributed by atoms with Crippen LogP contribution in [0.25, 0.3) is 40.4 Å². The molecule has 0 saturated heterocycles. The number of hydrogen-bond donors (Lipinski definition) is 0. The molecule has 0 unspecified atom stereocenters. The smallest absolute Gasteiger partial charge is 0.250 e. The summed E-state index contributed by atoms with van der Waals surface area (Å²) in [5.41, 5.74) is 2.30. The molecule has 0 saturated carbocycles. The highest BCUT2D eigenvalue weighted by atomic mass is 32.1. The molecule has 5 aromatic rings. The second-order valence-electron chi connectivity index (χ2n) is 13.9. The van der Waals surface area contributed by atoms with Crippen molar-refractivity contribution < 1.29 is 8.85 Å². The zero-order chi connectivity index (χ0) is 30.5. The lowest BCUT2D eigenvalue weighted by atomic mass is 10.1. The fraction of sp³-hybridized carbons (Fsp3) is 0.353. The lowest BCUT2D eigenvalue weighted by Crippen LogP contribution is -2.44. The summed E-state index contributed by atoms with van der Waals surface area (Å²) in [6.07, 6.45) is 0. The van der Waals surface area contributed by atoms with E-state index in [-0.39, 0.29) is 10.1 Å². The molecule has 0 fully saturated rings. The Kier molecular flexibility index (Phi) is 8.64. The summed E-state index contributed by atoms with van der Waals surface area (Å²) in [5, 5.41) is 4.44. The van der Waals surface area contributed by atoms with Crippen LogP contribution >= 0.6 is 45.3 Å². The molecule has 4 aromatic heterocycles. The van der Waals surface area contributed by atoms with Crippen molar-refractivity contribution in [3.05, 3.63) is 71.4 Å². The number of hydrogen-bond acceptors (Lipinski definition) is 6. The molecule has 0 atom stereocenters. The van der Waals surface area contributed by atoms with Crippen molar-refractivity contribution in [2.75, 3.05) is 0 Å². The van der Waals surface area contributed by atoms with Gasteiger partial charge in [-0.2, -0.15) is 0 Å². The maximum Gasteiger partial charge on any atom is 0.250 e. The van der Waals surface area contributed by atoms with Crippen molar-refractivity contribution in [1.82, 2.24) is 0 Å². The van der Waals surface area contributed by atoms with Crippen LogP contribution < -0.4 is 8.85 Å². The van der Waals surface area contributed by atoms with Crippen molar-refractivity contribution in [3.63, 3.8) is 0 Å². The molecule has 0 aliphatic heterocycles. The molecule has 4 heterocycles. The first-order valence-corrected chi connectivity index (χ1v) is 23.6. The minimum absolute atomic E-state index is 0.0737. The molecule has 0 N–H and O–H groups in total. The van der Waals surface area contributed by atoms with Gasteiger partial charge in [-0.05, 0) is 89.5 Å². The number of thiophene rings is 4. The summed E-state index contributed by atoms with van der Waals surface area (Å²) in [4.78, 5) is 7.63. The van der Waals surface area contributed by atoms with Crippen LogP contribution in [0, 0.1) is 0 Å². The van der Waals surface area contributed by atoms with E-state index in [1.54, 1.807) is 22.7 Å². The highest BCUT2D eigenvalue weighted by Gasteiger charge is 2.41. The molecule has 0 aliphatic rings. The van der Waals surface area contributed by atoms with E-state index in [1.165, 1.54) is 29.3 Å². The summed E-state index contributed by atoms with van der Waals surface area (Å²) in [5.74, 6) is 1.88. The van der Waals surface area contributed by atoms with Crippen molar-refractivity contribution in [2.45, 2.75) is 77.8 Å². The van der Waals surface area contributed by atoms with Crippen LogP contribution in [0.2, 0.25) is 36.3 Å². The van der Waals surface area contributed by atoms with Gasteiger partial charge < -0.3 is 8.85 Å². The van der Waals surface area contributed by atoms with Gasteiger partial charge in [0.05, 0.1) is 0 Å². The van der Waals surface area contributed by atoms with Gasteiger partial charge in [0.2, 0.25) is 0 Å². The van der Waals surface area contributed by atoms with Crippen molar-refractivity contribution in [2.24, 2.45) is 0 Å². The largest absolute Gasteiger partial charge is 0.543 e. The predicted molar refractivity (Wildman–Crippen MR) is 195 cm³/mol. The maximum absolute atomic E-state index is 7.14. The van der Waals surface area contributed by atoms with Gasteiger partial charge in [0, 0.05) is 46.5 Å². The predicted octanol–water partition coefficient (Wildman–Crippen LogP) is 13.4. The van der Waals surface area contributed by atoms with Crippen LogP contribution in [0.1, 0.15) is 41.5 Å². The molecule has 8 heteroatoms. The summed E-state index contributed by atoms with van der Waals surface area (Å²) >= 11 is 7.26. The van der Waals surface area contributed by atoms with Gasteiger partial charge >= 0.3 is 0 Å². The molecule has 2 nitrogen and oxygen atoms in total. The Morgan fingerprint density at radius 2 is 0.881 bits per heavy atom. The third-order valence-corrected chi connectivity index (χ3v) is 21.7. The summed E-state index contributed by atoms with van der Waals surface area (Å²) in [6, 6.07) is 22.2. The standard InChI is InChI=1S/C34H42O2S4Si2/c1-33(2,3)41(7,8)35-25-22-26(36-42(9,10)34(4,5)6)24(28-16-18-32(40-28)30-14-12-20-38-30)21-23(25)27-15-17-31(39-27)29-13-11-19-37-29/h11-22H,1-10H3. The van der Waals surface area contributed by atoms with Gasteiger partial charge in [-0.15, -0.1) is 45.3 Å². The van der Waals surface area contributed by atoms with E-state index in [9.17, 15) is 0 Å². The van der Waals surface area contributed by atoms with E-state index < -0.39 is 16.6 Å². The summed E-state index contributed by atoms with van der Waals surface area (Å²) < 4.78 is 14.3. The van der Waals surface area contributed by atoms with E-state index in [0.717, 1.165) is 22.6 Å². The molecule has 0 aliphatic carbocycles. The topological polar surface area (TPSA) is 18.5 Å². The van der Waals surface area contributed by atoms with E-state index in [1.807, 2.05) is 22.7 Å². The zero-order valence-electron chi connectivity index (χ0n) is 26.4. The van der Waals surface area contributed by atoms with E-state index in [0.29, 0.717) is 0 Å². The SMILES string of the molecule is CC(C)(C)[Si](C)(C)Oc1cc(O[Si](C)(C)C(C)(C)C)c(-c2ccc(-c3cccs3)s2)cc1-c1ccc(-c2cccs2)s1.